The molecule has 0 atom stereocenters. The molecule has 138 valence electrons. The van der Waals surface area contributed by atoms with E-state index >= 15 is 0 Å². The van der Waals surface area contributed by atoms with Gasteiger partial charge in [0.2, 0.25) is 11.7 Å². The highest BCUT2D eigenvalue weighted by molar-refractivity contribution is 6.47. The first-order valence-electron chi connectivity index (χ1n) is 8.26. The Morgan fingerprint density at radius 1 is 1.44 bits per heavy atom. The lowest BCUT2D eigenvalue weighted by Crippen LogP contribution is -2.18. The standard InChI is InChI=1S/C19H17FN4O3/c1-2-27-11-12-5-3-8-16(17(12)26)23-18-15(20)10-21-19(24-18)22-13-6-4-7-14(25)9-13/h3-7,9-11,25H,2,8H2,1H3,(H,21,22,24). The van der Waals surface area contributed by atoms with Crippen LogP contribution >= 0.6 is 0 Å². The number of benzene rings is 1. The summed E-state index contributed by atoms with van der Waals surface area (Å²) in [5.74, 6) is -1.18. The molecule has 0 radical (unpaired) electrons. The molecular weight excluding hydrogens is 351 g/mol. The average Bonchev–Trinajstić information content (AvgIpc) is 2.65. The Kier molecular flexibility index (Phi) is 5.55. The van der Waals surface area contributed by atoms with Gasteiger partial charge in [0.1, 0.15) is 5.75 Å². The number of phenolic OH excluding ortho intramolecular Hbond substituents is 1. The van der Waals surface area contributed by atoms with Crippen molar-refractivity contribution >= 4 is 28.9 Å². The molecule has 1 aliphatic rings. The molecule has 0 saturated heterocycles. The summed E-state index contributed by atoms with van der Waals surface area (Å²) < 4.78 is 19.2. The van der Waals surface area contributed by atoms with Crippen molar-refractivity contribution in [3.05, 3.63) is 60.3 Å². The molecule has 3 rings (SSSR count). The van der Waals surface area contributed by atoms with Crippen LogP contribution in [0.3, 0.4) is 0 Å². The number of nitrogens with zero attached hydrogens (tertiary/aromatic N) is 3. The molecule has 27 heavy (non-hydrogen) atoms. The van der Waals surface area contributed by atoms with Crippen molar-refractivity contribution in [2.24, 2.45) is 4.99 Å². The number of anilines is 2. The predicted octanol–water partition coefficient (Wildman–Crippen LogP) is 3.59. The Balaban J connectivity index is 1.87. The molecule has 2 N–H and O–H groups in total. The average molecular weight is 368 g/mol. The number of ether oxygens (including phenoxy) is 1. The van der Waals surface area contributed by atoms with Gasteiger partial charge in [0, 0.05) is 18.2 Å². The number of ketones is 1. The fourth-order valence-electron chi connectivity index (χ4n) is 2.33. The first kappa shape index (κ1) is 18.2. The van der Waals surface area contributed by atoms with E-state index in [4.69, 9.17) is 4.74 Å². The summed E-state index contributed by atoms with van der Waals surface area (Å²) in [7, 11) is 0. The molecule has 0 unspecified atom stereocenters. The maximum Gasteiger partial charge on any atom is 0.229 e. The van der Waals surface area contributed by atoms with E-state index in [-0.39, 0.29) is 35.4 Å². The van der Waals surface area contributed by atoms with Crippen LogP contribution in [0.25, 0.3) is 0 Å². The minimum atomic E-state index is -0.748. The van der Waals surface area contributed by atoms with Gasteiger partial charge >= 0.3 is 0 Å². The number of rotatable bonds is 5. The molecule has 1 aromatic heterocycles. The summed E-state index contributed by atoms with van der Waals surface area (Å²) in [4.78, 5) is 24.4. The molecule has 0 saturated carbocycles. The number of aliphatic imine (C=N–C) groups is 1. The van der Waals surface area contributed by atoms with Crippen LogP contribution in [0, 0.1) is 5.82 Å². The monoisotopic (exact) mass is 368 g/mol. The number of aromatic hydroxyl groups is 1. The van der Waals surface area contributed by atoms with Crippen LogP contribution in [-0.4, -0.2) is 33.2 Å². The third kappa shape index (κ3) is 4.55. The summed E-state index contributed by atoms with van der Waals surface area (Å²) in [5.41, 5.74) is 1.03. The number of allylic oxidation sites excluding steroid dienone is 3. The number of aromatic nitrogens is 2. The van der Waals surface area contributed by atoms with E-state index in [2.05, 4.69) is 20.3 Å². The molecule has 0 fully saturated rings. The van der Waals surface area contributed by atoms with E-state index in [0.717, 1.165) is 6.20 Å². The zero-order chi connectivity index (χ0) is 19.2. The lowest BCUT2D eigenvalue weighted by molar-refractivity contribution is -0.109. The zero-order valence-corrected chi connectivity index (χ0v) is 14.5. The van der Waals surface area contributed by atoms with Crippen molar-refractivity contribution in [3.8, 4) is 5.75 Å². The second kappa shape index (κ2) is 8.22. The zero-order valence-electron chi connectivity index (χ0n) is 14.5. The van der Waals surface area contributed by atoms with E-state index in [9.17, 15) is 14.3 Å². The molecule has 1 heterocycles. The number of carbonyl (C=O) groups excluding carboxylic acids is 1. The van der Waals surface area contributed by atoms with Crippen molar-refractivity contribution in [1.82, 2.24) is 9.97 Å². The lowest BCUT2D eigenvalue weighted by Gasteiger charge is -2.10. The molecule has 8 heteroatoms. The molecule has 0 amide bonds. The van der Waals surface area contributed by atoms with Crippen LogP contribution in [0.1, 0.15) is 13.3 Å². The second-order valence-electron chi connectivity index (χ2n) is 5.56. The SMILES string of the molecule is CCOC=C1C=CCC(=Nc2nc(Nc3cccc(O)c3)ncc2F)C1=O. The van der Waals surface area contributed by atoms with Gasteiger partial charge in [0.05, 0.1) is 30.4 Å². The molecular formula is C19H17FN4O3. The normalized spacial score (nSPS) is 16.7. The van der Waals surface area contributed by atoms with E-state index < -0.39 is 5.82 Å². The van der Waals surface area contributed by atoms with Crippen molar-refractivity contribution in [2.75, 3.05) is 11.9 Å². The van der Waals surface area contributed by atoms with Crippen LogP contribution in [-0.2, 0) is 9.53 Å². The molecule has 2 aromatic rings. The summed E-state index contributed by atoms with van der Waals surface area (Å²) in [6.45, 7) is 2.24. The smallest absolute Gasteiger partial charge is 0.229 e. The first-order chi connectivity index (χ1) is 13.1. The fraction of sp³-hybridized carbons (Fsp3) is 0.158. The van der Waals surface area contributed by atoms with Crippen LogP contribution in [0.5, 0.6) is 5.75 Å². The van der Waals surface area contributed by atoms with Gasteiger partial charge in [-0.15, -0.1) is 0 Å². The van der Waals surface area contributed by atoms with Crippen LogP contribution < -0.4 is 5.32 Å². The van der Waals surface area contributed by atoms with E-state index in [1.807, 2.05) is 0 Å². The highest BCUT2D eigenvalue weighted by Crippen LogP contribution is 2.22. The topological polar surface area (TPSA) is 96.7 Å². The first-order valence-corrected chi connectivity index (χ1v) is 8.26. The fourth-order valence-corrected chi connectivity index (χ4v) is 2.33. The summed E-state index contributed by atoms with van der Waals surface area (Å²) in [6.07, 6.45) is 5.98. The minimum Gasteiger partial charge on any atom is -0.508 e. The summed E-state index contributed by atoms with van der Waals surface area (Å²) in [5, 5.41) is 12.3. The Labute approximate surface area is 155 Å². The van der Waals surface area contributed by atoms with Gasteiger partial charge in [0.15, 0.2) is 11.6 Å². The van der Waals surface area contributed by atoms with Crippen molar-refractivity contribution < 1.29 is 19.0 Å². The van der Waals surface area contributed by atoms with Crippen molar-refractivity contribution in [2.45, 2.75) is 13.3 Å². The number of phenols is 1. The molecule has 0 spiro atoms. The number of nitrogens with one attached hydrogen (secondary N) is 1. The van der Waals surface area contributed by atoms with Crippen molar-refractivity contribution in [3.63, 3.8) is 0 Å². The highest BCUT2D eigenvalue weighted by atomic mass is 19.1. The van der Waals surface area contributed by atoms with Gasteiger partial charge in [-0.3, -0.25) is 4.79 Å². The molecule has 1 aliphatic carbocycles. The summed E-state index contributed by atoms with van der Waals surface area (Å²) >= 11 is 0. The van der Waals surface area contributed by atoms with E-state index in [0.29, 0.717) is 17.9 Å². The number of hydrogen-bond acceptors (Lipinski definition) is 7. The van der Waals surface area contributed by atoms with Crippen LogP contribution in [0.4, 0.5) is 21.8 Å². The number of halogens is 1. The Hall–Kier alpha value is -3.55. The number of hydrogen-bond donors (Lipinski definition) is 2. The molecule has 7 nitrogen and oxygen atoms in total. The van der Waals surface area contributed by atoms with Gasteiger partial charge < -0.3 is 15.2 Å². The largest absolute Gasteiger partial charge is 0.508 e. The molecule has 1 aromatic carbocycles. The maximum atomic E-state index is 14.1. The van der Waals surface area contributed by atoms with Gasteiger partial charge in [0.25, 0.3) is 0 Å². The van der Waals surface area contributed by atoms with Crippen LogP contribution in [0.15, 0.2) is 59.4 Å². The Morgan fingerprint density at radius 3 is 3.07 bits per heavy atom. The maximum absolute atomic E-state index is 14.1. The third-order valence-corrected chi connectivity index (χ3v) is 3.58. The predicted molar refractivity (Wildman–Crippen MR) is 98.9 cm³/mol. The van der Waals surface area contributed by atoms with Gasteiger partial charge in [-0.2, -0.15) is 4.98 Å². The minimum absolute atomic E-state index is 0.0655. The molecule has 0 bridgehead atoms. The summed E-state index contributed by atoms with van der Waals surface area (Å²) in [6, 6.07) is 6.32. The second-order valence-corrected chi connectivity index (χ2v) is 5.56. The van der Waals surface area contributed by atoms with Gasteiger partial charge in [-0.1, -0.05) is 18.2 Å². The van der Waals surface area contributed by atoms with Crippen LogP contribution in [0.2, 0.25) is 0 Å². The van der Waals surface area contributed by atoms with Gasteiger partial charge in [-0.05, 0) is 19.1 Å². The number of carbonyl (C=O) groups is 1. The Morgan fingerprint density at radius 2 is 2.30 bits per heavy atom. The van der Waals surface area contributed by atoms with E-state index in [1.165, 1.54) is 18.4 Å². The van der Waals surface area contributed by atoms with E-state index in [1.54, 1.807) is 31.2 Å². The van der Waals surface area contributed by atoms with Gasteiger partial charge in [-0.25, -0.2) is 14.4 Å². The molecule has 0 aliphatic heterocycles. The lowest BCUT2D eigenvalue weighted by atomic mass is 9.99. The third-order valence-electron chi connectivity index (χ3n) is 3.58. The van der Waals surface area contributed by atoms with Crippen molar-refractivity contribution in [1.29, 1.82) is 0 Å². The quantitative estimate of drug-likeness (QED) is 0.618. The Bertz CT molecular complexity index is 954. The highest BCUT2D eigenvalue weighted by Gasteiger charge is 2.20. The number of Topliss-reactive ketones (excluding diaryl/α,β-unsaturated/α-hetero) is 1.